The van der Waals surface area contributed by atoms with Crippen LogP contribution in [0, 0.1) is 13.8 Å². The molecule has 0 bridgehead atoms. The molecule has 1 aliphatic heterocycles. The quantitative estimate of drug-likeness (QED) is 0.476. The van der Waals surface area contributed by atoms with Crippen LogP contribution in [0.3, 0.4) is 0 Å². The first-order valence-corrected chi connectivity index (χ1v) is 12.0. The van der Waals surface area contributed by atoms with Gasteiger partial charge in [-0.2, -0.15) is 0 Å². The maximum absolute atomic E-state index is 12.9. The third-order valence-electron chi connectivity index (χ3n) is 7.16. The van der Waals surface area contributed by atoms with E-state index in [1.165, 1.54) is 19.3 Å². The normalized spacial score (nSPS) is 17.7. The number of hydrogen-bond acceptors (Lipinski definition) is 6. The summed E-state index contributed by atoms with van der Waals surface area (Å²) in [4.78, 5) is 24.4. The predicted molar refractivity (Wildman–Crippen MR) is 130 cm³/mol. The Hall–Kier alpha value is -3.19. The van der Waals surface area contributed by atoms with E-state index < -0.39 is 0 Å². The van der Waals surface area contributed by atoms with E-state index in [-0.39, 0.29) is 5.63 Å². The number of benzene rings is 1. The number of fused-ring (bicyclic) bond motifs is 2. The molecule has 1 saturated carbocycles. The summed E-state index contributed by atoms with van der Waals surface area (Å²) in [7, 11) is 0. The number of nitrogens with zero attached hydrogens (tertiary/aromatic N) is 4. The molecule has 1 aliphatic carbocycles. The third-order valence-corrected chi connectivity index (χ3v) is 7.16. The Morgan fingerprint density at radius 1 is 1.00 bits per heavy atom. The minimum atomic E-state index is -0.367. The van der Waals surface area contributed by atoms with Crippen molar-refractivity contribution in [1.29, 1.82) is 0 Å². The molecule has 0 radical (unpaired) electrons. The second-order valence-corrected chi connectivity index (χ2v) is 9.55. The van der Waals surface area contributed by atoms with Crippen LogP contribution in [0.4, 0.5) is 5.69 Å². The van der Waals surface area contributed by atoms with Gasteiger partial charge in [0.2, 0.25) is 0 Å². The highest BCUT2D eigenvalue weighted by Gasteiger charge is 2.25. The van der Waals surface area contributed by atoms with Gasteiger partial charge in [-0.3, -0.25) is 4.98 Å². The molecule has 0 amide bonds. The van der Waals surface area contributed by atoms with Gasteiger partial charge in [0.15, 0.2) is 5.65 Å². The van der Waals surface area contributed by atoms with Gasteiger partial charge >= 0.3 is 5.63 Å². The Bertz CT molecular complexity index is 1390. The molecule has 170 valence electrons. The van der Waals surface area contributed by atoms with E-state index >= 15 is 0 Å². The summed E-state index contributed by atoms with van der Waals surface area (Å²) in [6.07, 6.45) is 10.1. The summed E-state index contributed by atoms with van der Waals surface area (Å²) in [5.74, 6) is 0. The van der Waals surface area contributed by atoms with E-state index in [4.69, 9.17) is 4.42 Å². The molecule has 1 saturated heterocycles. The predicted octanol–water partition coefficient (Wildman–Crippen LogP) is 4.23. The van der Waals surface area contributed by atoms with E-state index in [2.05, 4.69) is 26.3 Å². The van der Waals surface area contributed by atoms with Crippen LogP contribution in [-0.4, -0.2) is 39.5 Å². The maximum Gasteiger partial charge on any atom is 0.345 e. The first-order chi connectivity index (χ1) is 16.0. The molecule has 6 rings (SSSR count). The molecule has 2 aliphatic rings. The summed E-state index contributed by atoms with van der Waals surface area (Å²) in [6, 6.07) is 9.43. The average Bonchev–Trinajstić information content (AvgIpc) is 3.20. The zero-order valence-corrected chi connectivity index (χ0v) is 19.2. The van der Waals surface area contributed by atoms with Crippen molar-refractivity contribution in [2.75, 3.05) is 18.0 Å². The fourth-order valence-corrected chi connectivity index (χ4v) is 5.12. The Morgan fingerprint density at radius 2 is 1.79 bits per heavy atom. The topological polar surface area (TPSA) is 75.7 Å². The molecule has 7 heteroatoms. The molecular formula is C26H29N5O2. The Balaban J connectivity index is 1.26. The lowest BCUT2D eigenvalue weighted by Gasteiger charge is -2.38. The van der Waals surface area contributed by atoms with Crippen molar-refractivity contribution in [2.24, 2.45) is 0 Å². The molecule has 1 N–H and O–H groups in total. The maximum atomic E-state index is 12.9. The monoisotopic (exact) mass is 443 g/mol. The minimum Gasteiger partial charge on any atom is -0.422 e. The van der Waals surface area contributed by atoms with E-state index in [1.807, 2.05) is 48.8 Å². The minimum absolute atomic E-state index is 0.367. The van der Waals surface area contributed by atoms with Gasteiger partial charge in [-0.05, 0) is 57.7 Å². The molecule has 0 unspecified atom stereocenters. The lowest BCUT2D eigenvalue weighted by Crippen LogP contribution is -2.48. The summed E-state index contributed by atoms with van der Waals surface area (Å²) in [5.41, 5.74) is 4.94. The zero-order chi connectivity index (χ0) is 22.5. The molecule has 0 atom stereocenters. The van der Waals surface area contributed by atoms with Gasteiger partial charge in [0, 0.05) is 54.7 Å². The number of aromatic nitrogens is 3. The number of rotatable bonds is 4. The number of anilines is 1. The highest BCUT2D eigenvalue weighted by Crippen LogP contribution is 2.28. The van der Waals surface area contributed by atoms with Crippen LogP contribution >= 0.6 is 0 Å². The smallest absolute Gasteiger partial charge is 0.345 e. The lowest BCUT2D eigenvalue weighted by molar-refractivity contribution is 0.280. The van der Waals surface area contributed by atoms with E-state index in [9.17, 15) is 4.79 Å². The molecule has 2 fully saturated rings. The average molecular weight is 444 g/mol. The summed E-state index contributed by atoms with van der Waals surface area (Å²) >= 11 is 0. The highest BCUT2D eigenvalue weighted by molar-refractivity contribution is 5.84. The molecule has 3 aromatic heterocycles. The first kappa shape index (κ1) is 20.4. The summed E-state index contributed by atoms with van der Waals surface area (Å²) in [6.45, 7) is 5.91. The molecule has 7 nitrogen and oxygen atoms in total. The van der Waals surface area contributed by atoms with Gasteiger partial charge in [0.05, 0.1) is 22.6 Å². The van der Waals surface area contributed by atoms with Crippen LogP contribution in [0.1, 0.15) is 43.5 Å². The van der Waals surface area contributed by atoms with Crippen LogP contribution in [0.15, 0.2) is 45.9 Å². The SMILES string of the molecule is Cc1cn2cc(-c3cc4ccc(N5CCC(NC6CCC6)CC5)cc4oc3=O)nc2c(C)n1. The summed E-state index contributed by atoms with van der Waals surface area (Å²) in [5, 5.41) is 4.71. The Morgan fingerprint density at radius 3 is 2.55 bits per heavy atom. The van der Waals surface area contributed by atoms with E-state index in [0.717, 1.165) is 60.1 Å². The Labute approximate surface area is 192 Å². The molecule has 33 heavy (non-hydrogen) atoms. The van der Waals surface area contributed by atoms with Gasteiger partial charge in [-0.1, -0.05) is 6.42 Å². The number of imidazole rings is 1. The number of hydrogen-bond donors (Lipinski definition) is 1. The van der Waals surface area contributed by atoms with Crippen molar-refractivity contribution >= 4 is 22.3 Å². The largest absolute Gasteiger partial charge is 0.422 e. The fraction of sp³-hybridized carbons (Fsp3) is 0.423. The van der Waals surface area contributed by atoms with Crippen molar-refractivity contribution in [2.45, 2.75) is 58.0 Å². The van der Waals surface area contributed by atoms with Crippen molar-refractivity contribution in [1.82, 2.24) is 19.7 Å². The van der Waals surface area contributed by atoms with Gasteiger partial charge in [-0.15, -0.1) is 0 Å². The standard InChI is InChI=1S/C26H29N5O2/c1-16-14-31-15-23(29-25(31)17(2)27-16)22-12-18-6-7-21(13-24(18)33-26(22)32)30-10-8-20(9-11-30)28-19-4-3-5-19/h6-7,12-15,19-20,28H,3-5,8-11H2,1-2H3. The van der Waals surface area contributed by atoms with Gasteiger partial charge in [0.1, 0.15) is 5.58 Å². The van der Waals surface area contributed by atoms with Crippen molar-refractivity contribution in [3.63, 3.8) is 0 Å². The second kappa shape index (κ2) is 7.99. The van der Waals surface area contributed by atoms with Crippen molar-refractivity contribution in [3.05, 3.63) is 58.5 Å². The van der Waals surface area contributed by atoms with Crippen LogP contribution in [0.5, 0.6) is 0 Å². The van der Waals surface area contributed by atoms with Gasteiger partial charge in [0.25, 0.3) is 0 Å². The van der Waals surface area contributed by atoms with Crippen LogP contribution in [0.25, 0.3) is 27.9 Å². The number of nitrogens with one attached hydrogen (secondary N) is 1. The molecular weight excluding hydrogens is 414 g/mol. The van der Waals surface area contributed by atoms with E-state index in [1.54, 1.807) is 0 Å². The van der Waals surface area contributed by atoms with Crippen LogP contribution in [-0.2, 0) is 0 Å². The molecule has 4 aromatic rings. The fourth-order valence-electron chi connectivity index (χ4n) is 5.12. The second-order valence-electron chi connectivity index (χ2n) is 9.55. The lowest BCUT2D eigenvalue weighted by atomic mass is 9.91. The van der Waals surface area contributed by atoms with Crippen molar-refractivity contribution < 1.29 is 4.42 Å². The Kier molecular flexibility index (Phi) is 4.94. The third kappa shape index (κ3) is 3.80. The van der Waals surface area contributed by atoms with Gasteiger partial charge in [-0.25, -0.2) is 9.78 Å². The number of piperidine rings is 1. The number of aryl methyl sites for hydroxylation is 2. The van der Waals surface area contributed by atoms with Crippen LogP contribution in [0.2, 0.25) is 0 Å². The van der Waals surface area contributed by atoms with Crippen LogP contribution < -0.4 is 15.8 Å². The zero-order valence-electron chi connectivity index (χ0n) is 19.2. The molecule has 4 heterocycles. The summed E-state index contributed by atoms with van der Waals surface area (Å²) < 4.78 is 7.68. The first-order valence-electron chi connectivity index (χ1n) is 12.0. The van der Waals surface area contributed by atoms with E-state index in [0.29, 0.717) is 22.9 Å². The van der Waals surface area contributed by atoms with Crippen molar-refractivity contribution in [3.8, 4) is 11.3 Å². The van der Waals surface area contributed by atoms with Gasteiger partial charge < -0.3 is 19.0 Å². The molecule has 1 aromatic carbocycles. The highest BCUT2D eigenvalue weighted by atomic mass is 16.4. The molecule has 0 spiro atoms.